The van der Waals surface area contributed by atoms with Crippen LogP contribution in [-0.4, -0.2) is 29.9 Å². The van der Waals surface area contributed by atoms with E-state index in [4.69, 9.17) is 4.74 Å². The molecule has 0 saturated heterocycles. The van der Waals surface area contributed by atoms with E-state index >= 15 is 0 Å². The van der Waals surface area contributed by atoms with Crippen molar-refractivity contribution in [2.75, 3.05) is 17.7 Å². The molecule has 0 atom stereocenters. The van der Waals surface area contributed by atoms with E-state index in [1.165, 1.54) is 25.4 Å². The standard InChI is InChI=1S/C18H15N3O4S/c1-10(22)19-13-6-4-3-5-12(13)16(23)21-18-20-14-8-7-11(17(24)25-2)9-15(14)26-18/h3-9H,1-2H3,(H,19,22)(H,20,21,23). The van der Waals surface area contributed by atoms with Gasteiger partial charge >= 0.3 is 5.97 Å². The number of rotatable bonds is 4. The second-order valence-electron chi connectivity index (χ2n) is 5.37. The first kappa shape index (κ1) is 17.6. The average Bonchev–Trinajstić information content (AvgIpc) is 3.02. The molecule has 0 fully saturated rings. The minimum absolute atomic E-state index is 0.263. The van der Waals surface area contributed by atoms with Crippen molar-refractivity contribution in [2.24, 2.45) is 0 Å². The molecule has 0 spiro atoms. The fraction of sp³-hybridized carbons (Fsp3) is 0.111. The number of aromatic nitrogens is 1. The highest BCUT2D eigenvalue weighted by molar-refractivity contribution is 7.22. The lowest BCUT2D eigenvalue weighted by Crippen LogP contribution is -2.16. The Labute approximate surface area is 153 Å². The first-order chi connectivity index (χ1) is 12.5. The van der Waals surface area contributed by atoms with E-state index in [1.807, 2.05) is 0 Å². The first-order valence-corrected chi connectivity index (χ1v) is 8.46. The zero-order valence-electron chi connectivity index (χ0n) is 14.0. The van der Waals surface area contributed by atoms with Crippen LogP contribution in [0.1, 0.15) is 27.6 Å². The topological polar surface area (TPSA) is 97.4 Å². The number of carbonyl (C=O) groups is 3. The van der Waals surface area contributed by atoms with Gasteiger partial charge in [0.2, 0.25) is 5.91 Å². The van der Waals surface area contributed by atoms with Gasteiger partial charge in [-0.3, -0.25) is 14.9 Å². The van der Waals surface area contributed by atoms with Crippen molar-refractivity contribution >= 4 is 50.2 Å². The predicted molar refractivity (Wildman–Crippen MR) is 99.7 cm³/mol. The molecule has 132 valence electrons. The van der Waals surface area contributed by atoms with Crippen LogP contribution in [0.4, 0.5) is 10.8 Å². The highest BCUT2D eigenvalue weighted by Crippen LogP contribution is 2.28. The molecule has 0 aliphatic rings. The lowest BCUT2D eigenvalue weighted by Gasteiger charge is -2.08. The van der Waals surface area contributed by atoms with Crippen molar-refractivity contribution < 1.29 is 19.1 Å². The van der Waals surface area contributed by atoms with E-state index in [0.717, 1.165) is 4.70 Å². The van der Waals surface area contributed by atoms with Crippen molar-refractivity contribution in [2.45, 2.75) is 6.92 Å². The molecule has 1 heterocycles. The smallest absolute Gasteiger partial charge is 0.337 e. The SMILES string of the molecule is COC(=O)c1ccc2nc(NC(=O)c3ccccc3NC(C)=O)sc2c1. The summed E-state index contributed by atoms with van der Waals surface area (Å²) >= 11 is 1.24. The number of anilines is 2. The molecular formula is C18H15N3O4S. The van der Waals surface area contributed by atoms with Crippen LogP contribution >= 0.6 is 11.3 Å². The van der Waals surface area contributed by atoms with E-state index in [-0.39, 0.29) is 11.8 Å². The number of hydrogen-bond donors (Lipinski definition) is 2. The van der Waals surface area contributed by atoms with Crippen LogP contribution in [0.15, 0.2) is 42.5 Å². The van der Waals surface area contributed by atoms with Crippen molar-refractivity contribution in [3.05, 3.63) is 53.6 Å². The third-order valence-corrected chi connectivity index (χ3v) is 4.45. The summed E-state index contributed by atoms with van der Waals surface area (Å²) in [5.41, 5.74) is 1.83. The summed E-state index contributed by atoms with van der Waals surface area (Å²) in [6, 6.07) is 11.7. The number of benzene rings is 2. The molecule has 2 aromatic carbocycles. The number of para-hydroxylation sites is 1. The highest BCUT2D eigenvalue weighted by Gasteiger charge is 2.15. The number of ether oxygens (including phenoxy) is 1. The lowest BCUT2D eigenvalue weighted by molar-refractivity contribution is -0.114. The Hall–Kier alpha value is -3.26. The number of nitrogens with zero attached hydrogens (tertiary/aromatic N) is 1. The summed E-state index contributed by atoms with van der Waals surface area (Å²) in [5.74, 6) is -1.09. The molecule has 0 aliphatic heterocycles. The van der Waals surface area contributed by atoms with Gasteiger partial charge < -0.3 is 10.1 Å². The Balaban J connectivity index is 1.86. The van der Waals surface area contributed by atoms with E-state index in [2.05, 4.69) is 15.6 Å². The summed E-state index contributed by atoms with van der Waals surface area (Å²) in [4.78, 5) is 39.8. The molecule has 7 nitrogen and oxygen atoms in total. The number of amides is 2. The lowest BCUT2D eigenvalue weighted by atomic mass is 10.1. The molecule has 0 unspecified atom stereocenters. The van der Waals surface area contributed by atoms with Gasteiger partial charge in [0.25, 0.3) is 5.91 Å². The van der Waals surface area contributed by atoms with Crippen LogP contribution in [0.2, 0.25) is 0 Å². The maximum absolute atomic E-state index is 12.5. The van der Waals surface area contributed by atoms with Gasteiger partial charge in [0.1, 0.15) is 0 Å². The van der Waals surface area contributed by atoms with Gasteiger partial charge in [-0.1, -0.05) is 23.5 Å². The Morgan fingerprint density at radius 3 is 2.58 bits per heavy atom. The second kappa shape index (κ2) is 7.32. The number of esters is 1. The van der Waals surface area contributed by atoms with E-state index in [0.29, 0.717) is 27.5 Å². The Morgan fingerprint density at radius 1 is 1.08 bits per heavy atom. The molecule has 2 N–H and O–H groups in total. The van der Waals surface area contributed by atoms with Crippen LogP contribution in [0, 0.1) is 0 Å². The molecule has 26 heavy (non-hydrogen) atoms. The summed E-state index contributed by atoms with van der Waals surface area (Å²) in [6.07, 6.45) is 0. The summed E-state index contributed by atoms with van der Waals surface area (Å²) < 4.78 is 5.45. The van der Waals surface area contributed by atoms with Crippen LogP contribution in [0.5, 0.6) is 0 Å². The molecular weight excluding hydrogens is 354 g/mol. The van der Waals surface area contributed by atoms with Crippen molar-refractivity contribution in [1.29, 1.82) is 0 Å². The van der Waals surface area contributed by atoms with Gasteiger partial charge in [0.05, 0.1) is 34.1 Å². The largest absolute Gasteiger partial charge is 0.465 e. The molecule has 0 saturated carbocycles. The van der Waals surface area contributed by atoms with Crippen LogP contribution in [-0.2, 0) is 9.53 Å². The third kappa shape index (κ3) is 3.70. The average molecular weight is 369 g/mol. The molecule has 8 heteroatoms. The number of hydrogen-bond acceptors (Lipinski definition) is 6. The van der Waals surface area contributed by atoms with Crippen LogP contribution in [0.25, 0.3) is 10.2 Å². The minimum atomic E-state index is -0.435. The number of thiazole rings is 1. The molecule has 2 amide bonds. The minimum Gasteiger partial charge on any atom is -0.465 e. The van der Waals surface area contributed by atoms with Gasteiger partial charge in [-0.25, -0.2) is 9.78 Å². The van der Waals surface area contributed by atoms with Crippen LogP contribution in [0.3, 0.4) is 0 Å². The molecule has 1 aromatic heterocycles. The number of nitrogens with one attached hydrogen (secondary N) is 2. The number of fused-ring (bicyclic) bond motifs is 1. The summed E-state index contributed by atoms with van der Waals surface area (Å²) in [6.45, 7) is 1.38. The molecule has 0 aliphatic carbocycles. The second-order valence-corrected chi connectivity index (χ2v) is 6.40. The Morgan fingerprint density at radius 2 is 1.85 bits per heavy atom. The summed E-state index contributed by atoms with van der Waals surface area (Å²) in [7, 11) is 1.32. The van der Waals surface area contributed by atoms with Gasteiger partial charge in [0.15, 0.2) is 5.13 Å². The Bertz CT molecular complexity index is 1010. The van der Waals surface area contributed by atoms with Gasteiger partial charge in [-0.15, -0.1) is 0 Å². The van der Waals surface area contributed by atoms with E-state index < -0.39 is 5.97 Å². The van der Waals surface area contributed by atoms with E-state index in [1.54, 1.807) is 42.5 Å². The fourth-order valence-electron chi connectivity index (χ4n) is 2.37. The van der Waals surface area contributed by atoms with Crippen molar-refractivity contribution in [1.82, 2.24) is 4.98 Å². The maximum Gasteiger partial charge on any atom is 0.337 e. The Kier molecular flexibility index (Phi) is 4.94. The molecule has 0 radical (unpaired) electrons. The monoisotopic (exact) mass is 369 g/mol. The highest BCUT2D eigenvalue weighted by atomic mass is 32.1. The zero-order valence-corrected chi connectivity index (χ0v) is 14.8. The molecule has 0 bridgehead atoms. The third-order valence-electron chi connectivity index (χ3n) is 3.51. The van der Waals surface area contributed by atoms with Gasteiger partial charge in [0, 0.05) is 6.92 Å². The van der Waals surface area contributed by atoms with E-state index in [9.17, 15) is 14.4 Å². The number of carbonyl (C=O) groups excluding carboxylic acids is 3. The maximum atomic E-state index is 12.5. The quantitative estimate of drug-likeness (QED) is 0.688. The number of methoxy groups -OCH3 is 1. The van der Waals surface area contributed by atoms with Crippen molar-refractivity contribution in [3.63, 3.8) is 0 Å². The van der Waals surface area contributed by atoms with Crippen LogP contribution < -0.4 is 10.6 Å². The van der Waals surface area contributed by atoms with Gasteiger partial charge in [-0.05, 0) is 30.3 Å². The van der Waals surface area contributed by atoms with Gasteiger partial charge in [-0.2, -0.15) is 0 Å². The molecule has 3 aromatic rings. The zero-order chi connectivity index (χ0) is 18.7. The predicted octanol–water partition coefficient (Wildman–Crippen LogP) is 3.29. The fourth-order valence-corrected chi connectivity index (χ4v) is 3.27. The molecule has 3 rings (SSSR count). The first-order valence-electron chi connectivity index (χ1n) is 7.65. The summed E-state index contributed by atoms with van der Waals surface area (Å²) in [5, 5.41) is 5.74. The normalized spacial score (nSPS) is 10.4. The van der Waals surface area contributed by atoms with Crippen molar-refractivity contribution in [3.8, 4) is 0 Å².